The molecule has 0 spiro atoms. The molecule has 158 valence electrons. The van der Waals surface area contributed by atoms with Crippen molar-refractivity contribution in [3.63, 3.8) is 0 Å². The summed E-state index contributed by atoms with van der Waals surface area (Å²) in [6.45, 7) is 1.70. The van der Waals surface area contributed by atoms with E-state index in [1.807, 2.05) is 26.2 Å². The van der Waals surface area contributed by atoms with Crippen molar-refractivity contribution in [2.24, 2.45) is 12.8 Å². The summed E-state index contributed by atoms with van der Waals surface area (Å²) in [5.74, 6) is -1.13. The molecule has 0 aliphatic rings. The number of benzene rings is 1. The molecule has 0 aliphatic heterocycles. The number of primary amides is 1. The van der Waals surface area contributed by atoms with Gasteiger partial charge in [0.25, 0.3) is 5.91 Å². The Bertz CT molecular complexity index is 1270. The summed E-state index contributed by atoms with van der Waals surface area (Å²) in [6.07, 6.45) is 4.66. The number of aliphatic hydroxyl groups is 1. The Labute approximate surface area is 177 Å². The Morgan fingerprint density at radius 3 is 2.68 bits per heavy atom. The van der Waals surface area contributed by atoms with E-state index in [0.717, 1.165) is 5.69 Å². The molecule has 8 nitrogen and oxygen atoms in total. The van der Waals surface area contributed by atoms with Crippen LogP contribution in [0.5, 0.6) is 0 Å². The Hall–Kier alpha value is -3.85. The lowest BCUT2D eigenvalue weighted by Crippen LogP contribution is -2.17. The van der Waals surface area contributed by atoms with Gasteiger partial charge in [0, 0.05) is 48.2 Å². The number of hydrogen-bond acceptors (Lipinski definition) is 6. The summed E-state index contributed by atoms with van der Waals surface area (Å²) in [4.78, 5) is 20.4. The van der Waals surface area contributed by atoms with Crippen LogP contribution in [0, 0.1) is 5.82 Å². The lowest BCUT2D eigenvalue weighted by molar-refractivity contribution is 0.100. The van der Waals surface area contributed by atoms with E-state index in [-0.39, 0.29) is 18.2 Å². The number of nitrogens with two attached hydrogens (primary N) is 1. The van der Waals surface area contributed by atoms with Gasteiger partial charge in [0.05, 0.1) is 40.8 Å². The van der Waals surface area contributed by atoms with Crippen molar-refractivity contribution in [2.75, 3.05) is 5.32 Å². The number of aromatic nitrogens is 4. The number of hydrogen-bond donors (Lipinski definition) is 3. The summed E-state index contributed by atoms with van der Waals surface area (Å²) in [7, 11) is 1.82. The molecule has 0 bridgehead atoms. The van der Waals surface area contributed by atoms with E-state index >= 15 is 0 Å². The third kappa shape index (κ3) is 3.95. The van der Waals surface area contributed by atoms with Crippen molar-refractivity contribution in [1.82, 2.24) is 19.7 Å². The Balaban J connectivity index is 1.87. The van der Waals surface area contributed by atoms with Crippen molar-refractivity contribution in [1.29, 1.82) is 0 Å². The first kappa shape index (κ1) is 20.4. The van der Waals surface area contributed by atoms with E-state index in [4.69, 9.17) is 5.73 Å². The molecular formula is C22H21FN6O2. The van der Waals surface area contributed by atoms with Gasteiger partial charge in [-0.05, 0) is 25.1 Å². The average molecular weight is 420 g/mol. The summed E-state index contributed by atoms with van der Waals surface area (Å²) in [6, 6.07) is 7.85. The number of rotatable bonds is 6. The van der Waals surface area contributed by atoms with Crippen LogP contribution >= 0.6 is 0 Å². The van der Waals surface area contributed by atoms with E-state index < -0.39 is 11.7 Å². The fraction of sp³-hybridized carbons (Fsp3) is 0.182. The summed E-state index contributed by atoms with van der Waals surface area (Å²) >= 11 is 0. The van der Waals surface area contributed by atoms with Gasteiger partial charge in [0.2, 0.25) is 0 Å². The molecule has 0 radical (unpaired) electrons. The highest BCUT2D eigenvalue weighted by Gasteiger charge is 2.19. The van der Waals surface area contributed by atoms with Gasteiger partial charge in [0.15, 0.2) is 0 Å². The Kier molecular flexibility index (Phi) is 5.35. The molecule has 3 aromatic heterocycles. The molecule has 31 heavy (non-hydrogen) atoms. The van der Waals surface area contributed by atoms with Crippen molar-refractivity contribution < 1.29 is 14.3 Å². The van der Waals surface area contributed by atoms with Gasteiger partial charge in [-0.25, -0.2) is 4.39 Å². The lowest BCUT2D eigenvalue weighted by Gasteiger charge is -2.18. The first-order valence-electron chi connectivity index (χ1n) is 9.61. The van der Waals surface area contributed by atoms with Crippen LogP contribution in [0.3, 0.4) is 0 Å². The standard InChI is InChI=1S/C22H21FN6O2/c1-12(19-5-6-29(2)28-19)27-21-16-7-15(13-3-4-14(11-30)25-9-13)18(23)8-20(16)26-10-17(21)22(24)31/h3-10,12,30H,11H2,1-2H3,(H2,24,31)(H,26,27)/t12-/m0/s1. The fourth-order valence-corrected chi connectivity index (χ4v) is 3.41. The van der Waals surface area contributed by atoms with E-state index in [0.29, 0.717) is 33.4 Å². The van der Waals surface area contributed by atoms with Crippen LogP contribution in [-0.2, 0) is 13.7 Å². The van der Waals surface area contributed by atoms with Gasteiger partial charge in [-0.1, -0.05) is 6.07 Å². The molecule has 3 heterocycles. The molecule has 1 atom stereocenters. The zero-order valence-corrected chi connectivity index (χ0v) is 17.0. The fourth-order valence-electron chi connectivity index (χ4n) is 3.41. The van der Waals surface area contributed by atoms with Crippen LogP contribution in [0.1, 0.15) is 34.7 Å². The van der Waals surface area contributed by atoms with Crippen LogP contribution in [0.25, 0.3) is 22.0 Å². The van der Waals surface area contributed by atoms with Gasteiger partial charge in [-0.2, -0.15) is 5.10 Å². The van der Waals surface area contributed by atoms with E-state index in [1.54, 1.807) is 22.9 Å². The highest BCUT2D eigenvalue weighted by molar-refractivity contribution is 6.07. The van der Waals surface area contributed by atoms with Crippen LogP contribution in [0.2, 0.25) is 0 Å². The molecule has 4 aromatic rings. The van der Waals surface area contributed by atoms with Gasteiger partial charge in [0.1, 0.15) is 5.82 Å². The number of aryl methyl sites for hydroxylation is 1. The normalized spacial score (nSPS) is 12.1. The number of fused-ring (bicyclic) bond motifs is 1. The van der Waals surface area contributed by atoms with Crippen LogP contribution in [0.15, 0.2) is 48.9 Å². The molecule has 1 aromatic carbocycles. The summed E-state index contributed by atoms with van der Waals surface area (Å²) in [5, 5.41) is 17.4. The smallest absolute Gasteiger partial charge is 0.252 e. The van der Waals surface area contributed by atoms with Crippen molar-refractivity contribution >= 4 is 22.5 Å². The number of aliphatic hydroxyl groups excluding tert-OH is 1. The number of nitrogens with one attached hydrogen (secondary N) is 1. The van der Waals surface area contributed by atoms with Crippen LogP contribution in [-0.4, -0.2) is 30.8 Å². The van der Waals surface area contributed by atoms with Gasteiger partial charge < -0.3 is 16.2 Å². The van der Waals surface area contributed by atoms with E-state index in [1.165, 1.54) is 18.5 Å². The van der Waals surface area contributed by atoms with Crippen molar-refractivity contribution in [2.45, 2.75) is 19.6 Å². The molecule has 0 unspecified atom stereocenters. The number of carbonyl (C=O) groups is 1. The molecule has 0 aliphatic carbocycles. The molecule has 9 heteroatoms. The molecule has 1 amide bonds. The molecular weight excluding hydrogens is 399 g/mol. The summed E-state index contributed by atoms with van der Waals surface area (Å²) in [5.41, 5.74) is 8.69. The molecule has 0 saturated carbocycles. The zero-order chi connectivity index (χ0) is 22.1. The van der Waals surface area contributed by atoms with Crippen molar-refractivity contribution in [3.8, 4) is 11.1 Å². The molecule has 4 N–H and O–H groups in total. The summed E-state index contributed by atoms with van der Waals surface area (Å²) < 4.78 is 16.6. The highest BCUT2D eigenvalue weighted by Crippen LogP contribution is 2.34. The minimum absolute atomic E-state index is 0.196. The average Bonchev–Trinajstić information content (AvgIpc) is 3.20. The molecule has 0 fully saturated rings. The van der Waals surface area contributed by atoms with Gasteiger partial charge in [-0.15, -0.1) is 0 Å². The number of amides is 1. The second-order valence-electron chi connectivity index (χ2n) is 7.24. The number of anilines is 1. The minimum Gasteiger partial charge on any atom is -0.390 e. The van der Waals surface area contributed by atoms with Gasteiger partial charge >= 0.3 is 0 Å². The number of carbonyl (C=O) groups excluding carboxylic acids is 1. The Morgan fingerprint density at radius 2 is 2.06 bits per heavy atom. The van der Waals surface area contributed by atoms with Crippen LogP contribution in [0.4, 0.5) is 10.1 Å². The third-order valence-electron chi connectivity index (χ3n) is 5.06. The topological polar surface area (TPSA) is 119 Å². The predicted octanol–water partition coefficient (Wildman–Crippen LogP) is 2.93. The number of halogens is 1. The molecule has 4 rings (SSSR count). The van der Waals surface area contributed by atoms with E-state index in [9.17, 15) is 14.3 Å². The first-order chi connectivity index (χ1) is 14.9. The number of pyridine rings is 2. The lowest BCUT2D eigenvalue weighted by atomic mass is 10.0. The second kappa shape index (κ2) is 8.11. The highest BCUT2D eigenvalue weighted by atomic mass is 19.1. The minimum atomic E-state index is -0.648. The van der Waals surface area contributed by atoms with E-state index in [2.05, 4.69) is 20.4 Å². The number of nitrogens with zero attached hydrogens (tertiary/aromatic N) is 4. The predicted molar refractivity (Wildman–Crippen MR) is 115 cm³/mol. The van der Waals surface area contributed by atoms with Gasteiger partial charge in [-0.3, -0.25) is 19.4 Å². The molecule has 0 saturated heterocycles. The SMILES string of the molecule is C[C@H](Nc1c(C(N)=O)cnc2cc(F)c(-c3ccc(CO)nc3)cc12)c1ccn(C)n1. The van der Waals surface area contributed by atoms with Crippen molar-refractivity contribution in [3.05, 3.63) is 71.7 Å². The maximum absolute atomic E-state index is 14.9. The monoisotopic (exact) mass is 420 g/mol. The third-order valence-corrected chi connectivity index (χ3v) is 5.06. The maximum Gasteiger partial charge on any atom is 0.252 e. The first-order valence-corrected chi connectivity index (χ1v) is 9.61. The second-order valence-corrected chi connectivity index (χ2v) is 7.24. The van der Waals surface area contributed by atoms with Crippen LogP contribution < -0.4 is 11.1 Å². The maximum atomic E-state index is 14.9. The Morgan fingerprint density at radius 1 is 1.26 bits per heavy atom. The largest absolute Gasteiger partial charge is 0.390 e. The zero-order valence-electron chi connectivity index (χ0n) is 17.0. The quantitative estimate of drug-likeness (QED) is 0.441.